The molecule has 1 aromatic carbocycles. The van der Waals surface area contributed by atoms with E-state index in [9.17, 15) is 13.2 Å². The van der Waals surface area contributed by atoms with Crippen LogP contribution in [0, 0.1) is 0 Å². The van der Waals surface area contributed by atoms with E-state index < -0.39 is 15.9 Å². The summed E-state index contributed by atoms with van der Waals surface area (Å²) in [5.74, 6) is 0.206. The third-order valence-corrected chi connectivity index (χ3v) is 4.46. The second kappa shape index (κ2) is 7.47. The molecule has 1 aromatic heterocycles. The molecule has 0 bridgehead atoms. The highest BCUT2D eigenvalue weighted by Gasteiger charge is 2.16. The van der Waals surface area contributed by atoms with E-state index in [4.69, 9.17) is 9.15 Å². The van der Waals surface area contributed by atoms with Crippen LogP contribution in [-0.4, -0.2) is 20.9 Å². The third kappa shape index (κ3) is 4.97. The molecule has 0 fully saturated rings. The quantitative estimate of drug-likeness (QED) is 0.754. The molecule has 0 aliphatic carbocycles. The van der Waals surface area contributed by atoms with Gasteiger partial charge in [-0.1, -0.05) is 0 Å². The highest BCUT2D eigenvalue weighted by molar-refractivity contribution is 9.10. The minimum absolute atomic E-state index is 0.0246. The standard InChI is InChI=1S/C15H14BrNO5S/c1-2-21-11-3-7-13(8-4-11)23(19,20)17-15(18)10-6-12-5-9-14(16)22-12/h3-10H,2H2,1H3,(H,17,18)/b10-6+. The van der Waals surface area contributed by atoms with Crippen LogP contribution in [0.15, 0.2) is 56.5 Å². The average Bonchev–Trinajstić information content (AvgIpc) is 2.91. The molecular formula is C15H14BrNO5S. The lowest BCUT2D eigenvalue weighted by Crippen LogP contribution is -2.28. The molecule has 0 spiro atoms. The summed E-state index contributed by atoms with van der Waals surface area (Å²) in [6.45, 7) is 2.31. The highest BCUT2D eigenvalue weighted by Crippen LogP contribution is 2.16. The van der Waals surface area contributed by atoms with E-state index in [1.165, 1.54) is 30.3 Å². The molecule has 0 aliphatic heterocycles. The van der Waals surface area contributed by atoms with Crippen molar-refractivity contribution < 1.29 is 22.4 Å². The van der Waals surface area contributed by atoms with Crippen LogP contribution in [-0.2, 0) is 14.8 Å². The zero-order valence-corrected chi connectivity index (χ0v) is 14.6. The second-order valence-corrected chi connectivity index (χ2v) is 6.81. The molecule has 122 valence electrons. The van der Waals surface area contributed by atoms with Gasteiger partial charge in [0.05, 0.1) is 11.5 Å². The number of furan rings is 1. The molecule has 6 nitrogen and oxygen atoms in total. The van der Waals surface area contributed by atoms with Gasteiger partial charge in [-0.2, -0.15) is 0 Å². The molecule has 1 N–H and O–H groups in total. The Morgan fingerprint density at radius 2 is 1.96 bits per heavy atom. The smallest absolute Gasteiger partial charge is 0.264 e. The number of sulfonamides is 1. The van der Waals surface area contributed by atoms with Gasteiger partial charge in [-0.05, 0) is 65.3 Å². The van der Waals surface area contributed by atoms with Gasteiger partial charge in [0.15, 0.2) is 4.67 Å². The number of benzene rings is 1. The number of carbonyl (C=O) groups is 1. The molecule has 1 amide bonds. The van der Waals surface area contributed by atoms with Gasteiger partial charge in [0.1, 0.15) is 11.5 Å². The molecule has 0 atom stereocenters. The van der Waals surface area contributed by atoms with Crippen molar-refractivity contribution >= 4 is 37.9 Å². The summed E-state index contributed by atoms with van der Waals surface area (Å²) in [7, 11) is -3.94. The third-order valence-electron chi connectivity index (χ3n) is 2.67. The van der Waals surface area contributed by atoms with Gasteiger partial charge in [0, 0.05) is 6.08 Å². The lowest BCUT2D eigenvalue weighted by molar-refractivity contribution is -0.114. The van der Waals surface area contributed by atoms with Crippen molar-refractivity contribution in [1.82, 2.24) is 4.72 Å². The number of halogens is 1. The van der Waals surface area contributed by atoms with E-state index in [1.807, 2.05) is 11.6 Å². The number of hydrogen-bond acceptors (Lipinski definition) is 5. The van der Waals surface area contributed by atoms with Crippen LogP contribution in [0.1, 0.15) is 12.7 Å². The number of carbonyl (C=O) groups excluding carboxylic acids is 1. The molecule has 0 aliphatic rings. The zero-order valence-electron chi connectivity index (χ0n) is 12.2. The van der Waals surface area contributed by atoms with E-state index in [2.05, 4.69) is 15.9 Å². The molecule has 2 aromatic rings. The molecule has 1 heterocycles. The molecule has 2 rings (SSSR count). The van der Waals surface area contributed by atoms with Crippen molar-refractivity contribution in [2.24, 2.45) is 0 Å². The van der Waals surface area contributed by atoms with Crippen molar-refractivity contribution in [2.45, 2.75) is 11.8 Å². The second-order valence-electron chi connectivity index (χ2n) is 4.35. The van der Waals surface area contributed by atoms with Gasteiger partial charge in [0.2, 0.25) is 0 Å². The fraction of sp³-hybridized carbons (Fsp3) is 0.133. The summed E-state index contributed by atoms with van der Waals surface area (Å²) in [4.78, 5) is 11.7. The monoisotopic (exact) mass is 399 g/mol. The van der Waals surface area contributed by atoms with E-state index in [0.29, 0.717) is 22.8 Å². The number of hydrogen-bond donors (Lipinski definition) is 1. The van der Waals surface area contributed by atoms with Crippen molar-refractivity contribution in [1.29, 1.82) is 0 Å². The molecule has 0 saturated heterocycles. The molecule has 0 saturated carbocycles. The Morgan fingerprint density at radius 3 is 2.52 bits per heavy atom. The first-order valence-electron chi connectivity index (χ1n) is 6.64. The van der Waals surface area contributed by atoms with Gasteiger partial charge in [-0.25, -0.2) is 13.1 Å². The summed E-state index contributed by atoms with van der Waals surface area (Å²) in [5, 5.41) is 0. The van der Waals surface area contributed by atoms with Gasteiger partial charge in [0.25, 0.3) is 15.9 Å². The van der Waals surface area contributed by atoms with E-state index in [1.54, 1.807) is 12.1 Å². The number of nitrogens with one attached hydrogen (secondary N) is 1. The number of rotatable bonds is 6. The minimum Gasteiger partial charge on any atom is -0.494 e. The summed E-state index contributed by atoms with van der Waals surface area (Å²) >= 11 is 3.13. The topological polar surface area (TPSA) is 85.6 Å². The first kappa shape index (κ1) is 17.3. The number of ether oxygens (including phenoxy) is 1. The Balaban J connectivity index is 2.05. The summed E-state index contributed by atoms with van der Waals surface area (Å²) < 4.78 is 37.1. The highest BCUT2D eigenvalue weighted by atomic mass is 79.9. The largest absolute Gasteiger partial charge is 0.494 e. The van der Waals surface area contributed by atoms with E-state index in [0.717, 1.165) is 6.08 Å². The normalized spacial score (nSPS) is 11.6. The maximum atomic E-state index is 12.1. The van der Waals surface area contributed by atoms with E-state index in [-0.39, 0.29) is 4.90 Å². The van der Waals surface area contributed by atoms with Crippen molar-refractivity contribution in [2.75, 3.05) is 6.61 Å². The van der Waals surface area contributed by atoms with Crippen LogP contribution in [0.2, 0.25) is 0 Å². The predicted molar refractivity (Wildman–Crippen MR) is 88.4 cm³/mol. The molecule has 8 heteroatoms. The Kier molecular flexibility index (Phi) is 5.62. The first-order chi connectivity index (χ1) is 10.9. The van der Waals surface area contributed by atoms with Crippen LogP contribution < -0.4 is 9.46 Å². The lowest BCUT2D eigenvalue weighted by Gasteiger charge is -2.06. The molecule has 0 radical (unpaired) electrons. The van der Waals surface area contributed by atoms with E-state index >= 15 is 0 Å². The maximum Gasteiger partial charge on any atom is 0.264 e. The zero-order chi connectivity index (χ0) is 16.9. The van der Waals surface area contributed by atoms with Crippen LogP contribution in [0.4, 0.5) is 0 Å². The lowest BCUT2D eigenvalue weighted by atomic mass is 10.3. The minimum atomic E-state index is -3.94. The van der Waals surface area contributed by atoms with Gasteiger partial charge < -0.3 is 9.15 Å². The molecule has 0 unspecified atom stereocenters. The van der Waals surface area contributed by atoms with Crippen LogP contribution >= 0.6 is 15.9 Å². The summed E-state index contributed by atoms with van der Waals surface area (Å²) in [6.07, 6.45) is 2.45. The fourth-order valence-electron chi connectivity index (χ4n) is 1.68. The van der Waals surface area contributed by atoms with Gasteiger partial charge >= 0.3 is 0 Å². The average molecular weight is 400 g/mol. The van der Waals surface area contributed by atoms with Crippen molar-refractivity contribution in [3.8, 4) is 5.75 Å². The molecular weight excluding hydrogens is 386 g/mol. The Labute approximate surface area is 142 Å². The predicted octanol–water partition coefficient (Wildman–Crippen LogP) is 2.96. The SMILES string of the molecule is CCOc1ccc(S(=O)(=O)NC(=O)/C=C/c2ccc(Br)o2)cc1. The van der Waals surface area contributed by atoms with Crippen molar-refractivity contribution in [3.63, 3.8) is 0 Å². The Hall–Kier alpha value is -2.06. The summed E-state index contributed by atoms with van der Waals surface area (Å²) in [5.41, 5.74) is 0. The van der Waals surface area contributed by atoms with Gasteiger partial charge in [-0.15, -0.1) is 0 Å². The van der Waals surface area contributed by atoms with Crippen molar-refractivity contribution in [3.05, 3.63) is 52.9 Å². The fourth-order valence-corrected chi connectivity index (χ4v) is 2.95. The maximum absolute atomic E-state index is 12.1. The molecule has 23 heavy (non-hydrogen) atoms. The van der Waals surface area contributed by atoms with Crippen LogP contribution in [0.5, 0.6) is 5.75 Å². The number of amides is 1. The Bertz CT molecular complexity index is 809. The van der Waals surface area contributed by atoms with Crippen LogP contribution in [0.3, 0.4) is 0 Å². The van der Waals surface area contributed by atoms with Gasteiger partial charge in [-0.3, -0.25) is 4.79 Å². The summed E-state index contributed by atoms with van der Waals surface area (Å²) in [6, 6.07) is 9.09. The van der Waals surface area contributed by atoms with Crippen LogP contribution in [0.25, 0.3) is 6.08 Å². The Morgan fingerprint density at radius 1 is 1.26 bits per heavy atom. The first-order valence-corrected chi connectivity index (χ1v) is 8.91.